The molecular weight excluding hydrogens is 415 g/mol. The highest BCUT2D eigenvalue weighted by atomic mass is 127. The first-order valence-corrected chi connectivity index (χ1v) is 8.72. The number of likely N-dealkylation sites (tertiary alicyclic amines) is 1. The molecule has 24 heavy (non-hydrogen) atoms. The van der Waals surface area contributed by atoms with Crippen molar-refractivity contribution >= 4 is 41.5 Å². The van der Waals surface area contributed by atoms with Crippen molar-refractivity contribution in [3.05, 3.63) is 30.3 Å². The molecule has 2 heterocycles. The lowest BCUT2D eigenvalue weighted by Crippen LogP contribution is -2.43. The normalized spacial score (nSPS) is 21.7. The number of carbonyl (C=O) groups excluding carboxylic acids is 1. The largest absolute Gasteiger partial charge is 0.352 e. The number of hydrogen-bond acceptors (Lipinski definition) is 2. The van der Waals surface area contributed by atoms with Crippen molar-refractivity contribution in [1.82, 2.24) is 10.2 Å². The van der Waals surface area contributed by atoms with Gasteiger partial charge >= 0.3 is 0 Å². The summed E-state index contributed by atoms with van der Waals surface area (Å²) in [7, 11) is 0. The third-order valence-corrected chi connectivity index (χ3v) is 4.47. The molecule has 132 valence electrons. The Bertz CT molecular complexity index is 543. The van der Waals surface area contributed by atoms with Gasteiger partial charge in [0, 0.05) is 31.2 Å². The van der Waals surface area contributed by atoms with E-state index in [2.05, 4.69) is 27.7 Å². The van der Waals surface area contributed by atoms with E-state index in [1.165, 1.54) is 19.3 Å². The lowest BCUT2D eigenvalue weighted by atomic mass is 10.0. The van der Waals surface area contributed by atoms with Gasteiger partial charge < -0.3 is 15.5 Å². The molecule has 6 heteroatoms. The van der Waals surface area contributed by atoms with E-state index in [0.717, 1.165) is 37.6 Å². The van der Waals surface area contributed by atoms with Gasteiger partial charge in [0.2, 0.25) is 5.91 Å². The summed E-state index contributed by atoms with van der Waals surface area (Å²) in [4.78, 5) is 18.7. The van der Waals surface area contributed by atoms with Crippen molar-refractivity contribution in [2.75, 3.05) is 25.0 Å². The molecule has 5 nitrogen and oxygen atoms in total. The molecule has 3 rings (SSSR count). The number of benzene rings is 1. The van der Waals surface area contributed by atoms with Crippen LogP contribution in [0.5, 0.6) is 0 Å². The minimum atomic E-state index is 0. The highest BCUT2D eigenvalue weighted by Crippen LogP contribution is 2.14. The van der Waals surface area contributed by atoms with Crippen LogP contribution in [0, 0.1) is 0 Å². The zero-order valence-corrected chi connectivity index (χ0v) is 16.4. The molecule has 0 aromatic heterocycles. The van der Waals surface area contributed by atoms with Crippen molar-refractivity contribution in [3.8, 4) is 0 Å². The quantitative estimate of drug-likeness (QED) is 0.430. The number of hydrogen-bond donors (Lipinski definition) is 2. The van der Waals surface area contributed by atoms with Gasteiger partial charge in [-0.1, -0.05) is 18.2 Å². The molecule has 1 unspecified atom stereocenters. The molecule has 0 bridgehead atoms. The first-order valence-electron chi connectivity index (χ1n) is 8.72. The van der Waals surface area contributed by atoms with E-state index in [4.69, 9.17) is 4.99 Å². The first kappa shape index (κ1) is 19.0. The molecule has 2 saturated heterocycles. The Kier molecular flexibility index (Phi) is 7.81. The van der Waals surface area contributed by atoms with E-state index in [1.807, 2.05) is 18.2 Å². The predicted octanol–water partition coefficient (Wildman–Crippen LogP) is 3.23. The summed E-state index contributed by atoms with van der Waals surface area (Å²) in [5.41, 5.74) is 1.06. The Morgan fingerprint density at radius 3 is 2.62 bits per heavy atom. The van der Waals surface area contributed by atoms with Gasteiger partial charge in [-0.3, -0.25) is 9.79 Å². The zero-order valence-electron chi connectivity index (χ0n) is 14.0. The summed E-state index contributed by atoms with van der Waals surface area (Å²) < 4.78 is 0. The van der Waals surface area contributed by atoms with Gasteiger partial charge in [-0.15, -0.1) is 24.0 Å². The topological polar surface area (TPSA) is 56.7 Å². The van der Waals surface area contributed by atoms with Crippen LogP contribution in [0.15, 0.2) is 35.3 Å². The Morgan fingerprint density at radius 1 is 1.17 bits per heavy atom. The van der Waals surface area contributed by atoms with Crippen LogP contribution >= 0.6 is 24.0 Å². The summed E-state index contributed by atoms with van der Waals surface area (Å²) in [5.74, 6) is 1.10. The lowest BCUT2D eigenvalue weighted by Gasteiger charge is -2.31. The fourth-order valence-electron chi connectivity index (χ4n) is 3.19. The standard InChI is InChI=1S/C18H26N4O.HI/c23-17-11-7-10-16(20-17)14-19-18(22-12-5-2-6-13-22)21-15-8-3-1-4-9-15;/h1,3-4,8-9,16H,2,5-7,10-14H2,(H,19,21)(H,20,23);1H. The second-order valence-electron chi connectivity index (χ2n) is 6.36. The molecular formula is C18H27IN4O. The third-order valence-electron chi connectivity index (χ3n) is 4.47. The molecule has 0 spiro atoms. The van der Waals surface area contributed by atoms with Crippen molar-refractivity contribution < 1.29 is 4.79 Å². The van der Waals surface area contributed by atoms with Gasteiger partial charge in [-0.25, -0.2) is 0 Å². The smallest absolute Gasteiger partial charge is 0.220 e. The third kappa shape index (κ3) is 5.65. The summed E-state index contributed by atoms with van der Waals surface area (Å²) in [6, 6.07) is 10.4. The second kappa shape index (κ2) is 9.86. The van der Waals surface area contributed by atoms with E-state index in [9.17, 15) is 4.79 Å². The lowest BCUT2D eigenvalue weighted by molar-refractivity contribution is -0.123. The number of halogens is 1. The van der Waals surface area contributed by atoms with Crippen LogP contribution in [0.25, 0.3) is 0 Å². The maximum atomic E-state index is 11.5. The van der Waals surface area contributed by atoms with Crippen molar-refractivity contribution in [3.63, 3.8) is 0 Å². The van der Waals surface area contributed by atoms with Gasteiger partial charge in [-0.05, 0) is 44.2 Å². The second-order valence-corrected chi connectivity index (χ2v) is 6.36. The number of rotatable bonds is 3. The molecule has 2 aliphatic heterocycles. The molecule has 1 aromatic rings. The molecule has 1 aromatic carbocycles. The molecule has 0 saturated carbocycles. The van der Waals surface area contributed by atoms with E-state index >= 15 is 0 Å². The van der Waals surface area contributed by atoms with Crippen LogP contribution in [0.3, 0.4) is 0 Å². The average Bonchev–Trinajstić information content (AvgIpc) is 2.60. The molecule has 2 aliphatic rings. The number of guanidine groups is 1. The van der Waals surface area contributed by atoms with Crippen molar-refractivity contribution in [1.29, 1.82) is 0 Å². The van der Waals surface area contributed by atoms with Gasteiger partial charge in [0.25, 0.3) is 0 Å². The number of nitrogens with one attached hydrogen (secondary N) is 2. The van der Waals surface area contributed by atoms with Crippen LogP contribution in [-0.4, -0.2) is 42.4 Å². The SMILES string of the molecule is I.O=C1CCCC(CN=C(Nc2ccccc2)N2CCCCC2)N1. The number of para-hydroxylation sites is 1. The fraction of sp³-hybridized carbons (Fsp3) is 0.556. The molecule has 0 aliphatic carbocycles. The van der Waals surface area contributed by atoms with Gasteiger partial charge in [0.1, 0.15) is 0 Å². The number of aliphatic imine (C=N–C) groups is 1. The maximum Gasteiger partial charge on any atom is 0.220 e. The first-order chi connectivity index (χ1) is 11.3. The average molecular weight is 442 g/mol. The molecule has 2 N–H and O–H groups in total. The minimum Gasteiger partial charge on any atom is -0.352 e. The van der Waals surface area contributed by atoms with E-state index < -0.39 is 0 Å². The van der Waals surface area contributed by atoms with E-state index in [-0.39, 0.29) is 35.9 Å². The monoisotopic (exact) mass is 442 g/mol. The summed E-state index contributed by atoms with van der Waals surface area (Å²) >= 11 is 0. The number of carbonyl (C=O) groups is 1. The van der Waals surface area contributed by atoms with E-state index in [0.29, 0.717) is 13.0 Å². The number of anilines is 1. The highest BCUT2D eigenvalue weighted by Gasteiger charge is 2.19. The number of nitrogens with zero attached hydrogens (tertiary/aromatic N) is 2. The van der Waals surface area contributed by atoms with Crippen LogP contribution in [0.4, 0.5) is 5.69 Å². The minimum absolute atomic E-state index is 0. The van der Waals surface area contributed by atoms with Crippen molar-refractivity contribution in [2.24, 2.45) is 4.99 Å². The Morgan fingerprint density at radius 2 is 1.92 bits per heavy atom. The van der Waals surface area contributed by atoms with Crippen LogP contribution in [-0.2, 0) is 4.79 Å². The maximum absolute atomic E-state index is 11.5. The van der Waals surface area contributed by atoms with Gasteiger partial charge in [0.05, 0.1) is 6.54 Å². The Hall–Kier alpha value is -1.31. The van der Waals surface area contributed by atoms with Crippen LogP contribution in [0.1, 0.15) is 38.5 Å². The number of piperidine rings is 2. The Labute approximate surface area is 161 Å². The molecule has 2 fully saturated rings. The zero-order chi connectivity index (χ0) is 15.9. The number of amides is 1. The molecule has 1 atom stereocenters. The van der Waals surface area contributed by atoms with Gasteiger partial charge in [0.15, 0.2) is 5.96 Å². The van der Waals surface area contributed by atoms with Crippen LogP contribution < -0.4 is 10.6 Å². The summed E-state index contributed by atoms with van der Waals surface area (Å²) in [6.07, 6.45) is 6.38. The van der Waals surface area contributed by atoms with Crippen molar-refractivity contribution in [2.45, 2.75) is 44.6 Å². The van der Waals surface area contributed by atoms with Gasteiger partial charge in [-0.2, -0.15) is 0 Å². The van der Waals surface area contributed by atoms with E-state index in [1.54, 1.807) is 0 Å². The summed E-state index contributed by atoms with van der Waals surface area (Å²) in [6.45, 7) is 2.75. The Balaban J connectivity index is 0.00000208. The van der Waals surface area contributed by atoms with Crippen LogP contribution in [0.2, 0.25) is 0 Å². The molecule has 0 radical (unpaired) electrons. The fourth-order valence-corrected chi connectivity index (χ4v) is 3.19. The highest BCUT2D eigenvalue weighted by molar-refractivity contribution is 14.0. The predicted molar refractivity (Wildman–Crippen MR) is 109 cm³/mol. The molecule has 1 amide bonds. The summed E-state index contributed by atoms with van der Waals surface area (Å²) in [5, 5.41) is 6.51.